The van der Waals surface area contributed by atoms with Crippen LogP contribution in [-0.4, -0.2) is 64.2 Å². The van der Waals surface area contributed by atoms with Crippen LogP contribution in [0, 0.1) is 0 Å². The number of aryl methyl sites for hydroxylation is 1. The zero-order valence-corrected chi connectivity index (χ0v) is 16.9. The standard InChI is InChI=1S/C20H32N4O3/c1-6-12-21-20(23-15-19(25)24(3)4)22-13-8-9-16-10-11-17(26-5)18(14-16)27-7-2/h6,10-11,14H,1,7-9,12-13,15H2,2-5H3,(H2,21,22,23). The van der Waals surface area contributed by atoms with Crippen molar-refractivity contribution in [2.24, 2.45) is 4.99 Å². The third-order valence-corrected chi connectivity index (χ3v) is 3.75. The summed E-state index contributed by atoms with van der Waals surface area (Å²) < 4.78 is 10.9. The molecular weight excluding hydrogens is 344 g/mol. The monoisotopic (exact) mass is 376 g/mol. The molecule has 0 heterocycles. The summed E-state index contributed by atoms with van der Waals surface area (Å²) in [6, 6.07) is 5.99. The molecule has 27 heavy (non-hydrogen) atoms. The third kappa shape index (κ3) is 8.48. The number of carbonyl (C=O) groups excluding carboxylic acids is 1. The molecule has 0 aliphatic heterocycles. The van der Waals surface area contributed by atoms with Crippen LogP contribution in [0.1, 0.15) is 18.9 Å². The number of aliphatic imine (C=N–C) groups is 1. The predicted molar refractivity (Wildman–Crippen MR) is 110 cm³/mol. The van der Waals surface area contributed by atoms with Crippen molar-refractivity contribution in [3.63, 3.8) is 0 Å². The van der Waals surface area contributed by atoms with Gasteiger partial charge in [0.05, 0.1) is 13.7 Å². The number of amides is 1. The summed E-state index contributed by atoms with van der Waals surface area (Å²) in [7, 11) is 5.07. The van der Waals surface area contributed by atoms with E-state index in [4.69, 9.17) is 9.47 Å². The molecule has 0 saturated carbocycles. The number of hydrogen-bond donors (Lipinski definition) is 2. The fraction of sp³-hybridized carbons (Fsp3) is 0.500. The maximum Gasteiger partial charge on any atom is 0.243 e. The van der Waals surface area contributed by atoms with E-state index in [2.05, 4.69) is 22.2 Å². The van der Waals surface area contributed by atoms with Gasteiger partial charge in [-0.3, -0.25) is 4.79 Å². The van der Waals surface area contributed by atoms with Gasteiger partial charge in [0.25, 0.3) is 0 Å². The molecule has 2 N–H and O–H groups in total. The molecule has 0 unspecified atom stereocenters. The Hall–Kier alpha value is -2.70. The van der Waals surface area contributed by atoms with Crippen molar-refractivity contribution in [2.45, 2.75) is 19.8 Å². The molecule has 1 rings (SSSR count). The van der Waals surface area contributed by atoms with Gasteiger partial charge in [0, 0.05) is 27.2 Å². The van der Waals surface area contributed by atoms with Crippen molar-refractivity contribution in [1.82, 2.24) is 15.5 Å². The Bertz CT molecular complexity index is 630. The Morgan fingerprint density at radius 3 is 2.70 bits per heavy atom. The van der Waals surface area contributed by atoms with Crippen LogP contribution >= 0.6 is 0 Å². The first kappa shape index (κ1) is 22.3. The van der Waals surface area contributed by atoms with E-state index in [9.17, 15) is 4.79 Å². The highest BCUT2D eigenvalue weighted by Gasteiger charge is 2.06. The normalized spacial score (nSPS) is 10.9. The van der Waals surface area contributed by atoms with Crippen molar-refractivity contribution in [1.29, 1.82) is 0 Å². The van der Waals surface area contributed by atoms with Gasteiger partial charge >= 0.3 is 0 Å². The summed E-state index contributed by atoms with van der Waals surface area (Å²) in [5.74, 6) is 2.07. The lowest BCUT2D eigenvalue weighted by atomic mass is 10.1. The highest BCUT2D eigenvalue weighted by atomic mass is 16.5. The van der Waals surface area contributed by atoms with Gasteiger partial charge in [-0.1, -0.05) is 12.1 Å². The van der Waals surface area contributed by atoms with E-state index in [1.54, 1.807) is 27.3 Å². The molecule has 0 radical (unpaired) electrons. The van der Waals surface area contributed by atoms with Crippen LogP contribution in [0.3, 0.4) is 0 Å². The summed E-state index contributed by atoms with van der Waals surface area (Å²) in [5, 5.41) is 6.36. The van der Waals surface area contributed by atoms with Gasteiger partial charge in [0.2, 0.25) is 5.91 Å². The molecule has 0 aromatic heterocycles. The summed E-state index contributed by atoms with van der Waals surface area (Å²) in [4.78, 5) is 17.5. The molecule has 0 saturated heterocycles. The van der Waals surface area contributed by atoms with Crippen LogP contribution in [0.25, 0.3) is 0 Å². The predicted octanol–water partition coefficient (Wildman–Crippen LogP) is 1.84. The largest absolute Gasteiger partial charge is 0.493 e. The quantitative estimate of drug-likeness (QED) is 0.267. The lowest BCUT2D eigenvalue weighted by Crippen LogP contribution is -2.39. The van der Waals surface area contributed by atoms with Crippen LogP contribution in [0.5, 0.6) is 11.5 Å². The highest BCUT2D eigenvalue weighted by Crippen LogP contribution is 2.28. The van der Waals surface area contributed by atoms with Gasteiger partial charge in [-0.05, 0) is 37.5 Å². The second-order valence-corrected chi connectivity index (χ2v) is 6.07. The fourth-order valence-electron chi connectivity index (χ4n) is 2.28. The molecule has 0 bridgehead atoms. The number of likely N-dealkylation sites (N-methyl/N-ethyl adjacent to an activating group) is 1. The number of nitrogens with zero attached hydrogens (tertiary/aromatic N) is 2. The van der Waals surface area contributed by atoms with Crippen LogP contribution < -0.4 is 20.1 Å². The van der Waals surface area contributed by atoms with Crippen molar-refractivity contribution >= 4 is 11.9 Å². The van der Waals surface area contributed by atoms with Gasteiger partial charge in [-0.25, -0.2) is 4.99 Å². The van der Waals surface area contributed by atoms with Crippen LogP contribution in [0.15, 0.2) is 35.8 Å². The van der Waals surface area contributed by atoms with Crippen LogP contribution in [0.2, 0.25) is 0 Å². The molecule has 0 atom stereocenters. The fourth-order valence-corrected chi connectivity index (χ4v) is 2.28. The minimum Gasteiger partial charge on any atom is -0.493 e. The van der Waals surface area contributed by atoms with E-state index in [1.807, 2.05) is 25.1 Å². The van der Waals surface area contributed by atoms with E-state index >= 15 is 0 Å². The molecule has 150 valence electrons. The van der Waals surface area contributed by atoms with E-state index in [0.717, 1.165) is 30.9 Å². The van der Waals surface area contributed by atoms with Crippen LogP contribution in [-0.2, 0) is 11.2 Å². The number of nitrogens with one attached hydrogen (secondary N) is 2. The van der Waals surface area contributed by atoms with Gasteiger partial charge in [-0.2, -0.15) is 0 Å². The summed E-state index contributed by atoms with van der Waals surface area (Å²) in [5.41, 5.74) is 1.18. The van der Waals surface area contributed by atoms with Gasteiger partial charge in [-0.15, -0.1) is 6.58 Å². The first-order chi connectivity index (χ1) is 13.0. The smallest absolute Gasteiger partial charge is 0.243 e. The van der Waals surface area contributed by atoms with Crippen molar-refractivity contribution in [3.05, 3.63) is 36.4 Å². The summed E-state index contributed by atoms with van der Waals surface area (Å²) >= 11 is 0. The molecule has 1 aromatic carbocycles. The molecule has 1 aromatic rings. The van der Waals surface area contributed by atoms with Gasteiger partial charge < -0.3 is 25.0 Å². The Labute approximate surface area is 162 Å². The molecule has 0 aliphatic carbocycles. The number of ether oxygens (including phenoxy) is 2. The molecular formula is C20H32N4O3. The minimum absolute atomic E-state index is 0.0450. The average molecular weight is 377 g/mol. The molecule has 7 heteroatoms. The Morgan fingerprint density at radius 2 is 2.07 bits per heavy atom. The summed E-state index contributed by atoms with van der Waals surface area (Å²) in [6.45, 7) is 7.66. The second kappa shape index (κ2) is 12.6. The highest BCUT2D eigenvalue weighted by molar-refractivity contribution is 5.84. The first-order valence-corrected chi connectivity index (χ1v) is 9.14. The lowest BCUT2D eigenvalue weighted by Gasteiger charge is -2.13. The van der Waals surface area contributed by atoms with Gasteiger partial charge in [0.15, 0.2) is 17.5 Å². The molecule has 1 amide bonds. The average Bonchev–Trinajstić information content (AvgIpc) is 2.66. The maximum absolute atomic E-state index is 11.7. The molecule has 0 fully saturated rings. The zero-order chi connectivity index (χ0) is 20.1. The second-order valence-electron chi connectivity index (χ2n) is 6.07. The molecule has 7 nitrogen and oxygen atoms in total. The van der Waals surface area contributed by atoms with Crippen LogP contribution in [0.4, 0.5) is 0 Å². The third-order valence-electron chi connectivity index (χ3n) is 3.75. The van der Waals surface area contributed by atoms with Crippen molar-refractivity contribution < 1.29 is 14.3 Å². The molecule has 0 aliphatic rings. The van der Waals surface area contributed by atoms with E-state index in [0.29, 0.717) is 19.1 Å². The number of rotatable bonds is 11. The Morgan fingerprint density at radius 1 is 1.30 bits per heavy atom. The first-order valence-electron chi connectivity index (χ1n) is 9.14. The lowest BCUT2D eigenvalue weighted by molar-refractivity contribution is -0.127. The van der Waals surface area contributed by atoms with Crippen molar-refractivity contribution in [2.75, 3.05) is 47.4 Å². The number of methoxy groups -OCH3 is 1. The SMILES string of the molecule is C=CCNC(=NCC(=O)N(C)C)NCCCc1ccc(OC)c(OCC)c1. The number of benzene rings is 1. The maximum atomic E-state index is 11.7. The Balaban J connectivity index is 2.55. The Kier molecular flexibility index (Phi) is 10.4. The van der Waals surface area contributed by atoms with E-state index in [1.165, 1.54) is 10.5 Å². The number of carbonyl (C=O) groups is 1. The van der Waals surface area contributed by atoms with E-state index in [-0.39, 0.29) is 12.5 Å². The van der Waals surface area contributed by atoms with Crippen molar-refractivity contribution in [3.8, 4) is 11.5 Å². The topological polar surface area (TPSA) is 75.2 Å². The van der Waals surface area contributed by atoms with E-state index < -0.39 is 0 Å². The summed E-state index contributed by atoms with van der Waals surface area (Å²) in [6.07, 6.45) is 3.55. The molecule has 0 spiro atoms. The number of guanidine groups is 1. The zero-order valence-electron chi connectivity index (χ0n) is 16.9. The van der Waals surface area contributed by atoms with Gasteiger partial charge in [0.1, 0.15) is 6.54 Å². The number of hydrogen-bond acceptors (Lipinski definition) is 4. The minimum atomic E-state index is -0.0450.